The fourth-order valence-electron chi connectivity index (χ4n) is 2.67. The molecule has 0 aliphatic carbocycles. The van der Waals surface area contributed by atoms with Crippen molar-refractivity contribution in [2.75, 3.05) is 6.54 Å². The van der Waals surface area contributed by atoms with Crippen LogP contribution < -0.4 is 5.73 Å². The average molecular weight is 381 g/mol. The second kappa shape index (κ2) is 6.61. The van der Waals surface area contributed by atoms with Gasteiger partial charge in [-0.25, -0.2) is 0 Å². The number of hydrogen-bond acceptors (Lipinski definition) is 4. The van der Waals surface area contributed by atoms with Crippen molar-refractivity contribution in [1.29, 1.82) is 0 Å². The van der Waals surface area contributed by atoms with Crippen LogP contribution in [0.15, 0.2) is 0 Å². The molecule has 0 aliphatic rings. The molecule has 0 aliphatic heterocycles. The second-order valence-corrected chi connectivity index (χ2v) is 8.11. The molecule has 0 rings (SSSR count). The van der Waals surface area contributed by atoms with Gasteiger partial charge in [0.05, 0.1) is 5.41 Å². The van der Waals surface area contributed by atoms with E-state index in [2.05, 4.69) is 4.74 Å². The van der Waals surface area contributed by atoms with E-state index in [1.54, 1.807) is 20.8 Å². The van der Waals surface area contributed by atoms with Crippen molar-refractivity contribution in [3.63, 3.8) is 0 Å². The summed E-state index contributed by atoms with van der Waals surface area (Å²) in [6, 6.07) is 0. The van der Waals surface area contributed by atoms with Gasteiger partial charge in [0.15, 0.2) is 5.60 Å². The van der Waals surface area contributed by atoms with Gasteiger partial charge in [-0.1, -0.05) is 20.8 Å². The smallest absolute Gasteiger partial charge is 0.430 e. The van der Waals surface area contributed by atoms with Gasteiger partial charge in [0, 0.05) is 6.54 Å². The van der Waals surface area contributed by atoms with Crippen LogP contribution in [-0.4, -0.2) is 41.2 Å². The molecule has 0 bridgehead atoms. The Morgan fingerprint density at radius 2 is 1.28 bits per heavy atom. The lowest BCUT2D eigenvalue weighted by Crippen LogP contribution is -2.70. The third-order valence-corrected chi connectivity index (χ3v) is 3.90. The predicted octanol–water partition coefficient (Wildman–Crippen LogP) is 3.57. The SMILES string of the molecule is CC(C)(C)CC(C)(CN)C(=O)OC(C)(C)C(O)(C(F)(F)F)C(F)(F)F. The van der Waals surface area contributed by atoms with Gasteiger partial charge in [0.25, 0.3) is 5.60 Å². The molecule has 0 saturated carbocycles. The summed E-state index contributed by atoms with van der Waals surface area (Å²) in [4.78, 5) is 12.3. The van der Waals surface area contributed by atoms with E-state index >= 15 is 0 Å². The lowest BCUT2D eigenvalue weighted by Gasteiger charge is -2.45. The van der Waals surface area contributed by atoms with Crippen molar-refractivity contribution in [2.24, 2.45) is 16.6 Å². The molecule has 0 amide bonds. The monoisotopic (exact) mass is 381 g/mol. The Morgan fingerprint density at radius 3 is 1.52 bits per heavy atom. The third kappa shape index (κ3) is 4.78. The minimum absolute atomic E-state index is 0.0574. The Labute approximate surface area is 142 Å². The summed E-state index contributed by atoms with van der Waals surface area (Å²) in [5, 5.41) is 9.47. The van der Waals surface area contributed by atoms with Crippen molar-refractivity contribution in [2.45, 2.75) is 71.5 Å². The quantitative estimate of drug-likeness (QED) is 0.564. The summed E-state index contributed by atoms with van der Waals surface area (Å²) in [7, 11) is 0. The van der Waals surface area contributed by atoms with Crippen molar-refractivity contribution in [3.05, 3.63) is 0 Å². The number of rotatable bonds is 5. The Morgan fingerprint density at radius 1 is 0.920 bits per heavy atom. The van der Waals surface area contributed by atoms with E-state index in [-0.39, 0.29) is 13.0 Å². The van der Waals surface area contributed by atoms with E-state index in [4.69, 9.17) is 5.73 Å². The highest BCUT2D eigenvalue weighted by Crippen LogP contribution is 2.51. The molecule has 0 fully saturated rings. The normalized spacial score (nSPS) is 17.2. The minimum atomic E-state index is -6.11. The number of hydrogen-bond donors (Lipinski definition) is 2. The number of esters is 1. The molecule has 25 heavy (non-hydrogen) atoms. The minimum Gasteiger partial charge on any atom is -0.455 e. The van der Waals surface area contributed by atoms with Gasteiger partial charge in [0.2, 0.25) is 0 Å². The van der Waals surface area contributed by atoms with E-state index in [1.807, 2.05) is 0 Å². The highest BCUT2D eigenvalue weighted by atomic mass is 19.4. The molecule has 0 heterocycles. The maximum Gasteiger partial charge on any atom is 0.430 e. The molecule has 10 heteroatoms. The molecule has 0 saturated heterocycles. The molecule has 1 atom stereocenters. The lowest BCUT2D eigenvalue weighted by atomic mass is 9.74. The van der Waals surface area contributed by atoms with Crippen LogP contribution >= 0.6 is 0 Å². The highest BCUT2D eigenvalue weighted by Gasteiger charge is 2.78. The van der Waals surface area contributed by atoms with Crippen molar-refractivity contribution >= 4 is 5.97 Å². The number of nitrogens with two attached hydrogens (primary N) is 1. The van der Waals surface area contributed by atoms with Gasteiger partial charge in [-0.3, -0.25) is 4.79 Å². The zero-order valence-electron chi connectivity index (χ0n) is 15.0. The number of alkyl halides is 6. The van der Waals surface area contributed by atoms with E-state index in [0.29, 0.717) is 13.8 Å². The Bertz CT molecular complexity index is 479. The average Bonchev–Trinajstić information content (AvgIpc) is 2.31. The van der Waals surface area contributed by atoms with Crippen molar-refractivity contribution in [3.8, 4) is 0 Å². The molecule has 0 radical (unpaired) electrons. The van der Waals surface area contributed by atoms with Gasteiger partial charge in [-0.15, -0.1) is 0 Å². The molecule has 0 aromatic carbocycles. The number of halogens is 6. The van der Waals surface area contributed by atoms with E-state index in [0.717, 1.165) is 0 Å². The fourth-order valence-corrected chi connectivity index (χ4v) is 2.67. The molecule has 3 N–H and O–H groups in total. The fraction of sp³-hybridized carbons (Fsp3) is 0.933. The second-order valence-electron chi connectivity index (χ2n) is 8.11. The van der Waals surface area contributed by atoms with Crippen LogP contribution in [0.2, 0.25) is 0 Å². The zero-order chi connectivity index (χ0) is 20.7. The summed E-state index contributed by atoms with van der Waals surface area (Å²) in [6.07, 6.45) is -12.2. The highest BCUT2D eigenvalue weighted by molar-refractivity contribution is 5.77. The Kier molecular flexibility index (Phi) is 6.33. The first kappa shape index (κ1) is 24.0. The molecule has 0 aromatic heterocycles. The predicted molar refractivity (Wildman–Crippen MR) is 78.5 cm³/mol. The van der Waals surface area contributed by atoms with E-state index in [1.165, 1.54) is 6.92 Å². The van der Waals surface area contributed by atoms with Crippen LogP contribution in [-0.2, 0) is 9.53 Å². The van der Waals surface area contributed by atoms with Crippen molar-refractivity contribution < 1.29 is 41.0 Å². The largest absolute Gasteiger partial charge is 0.455 e. The molecule has 0 aromatic rings. The standard InChI is InChI=1S/C15H25F6NO3/c1-10(2,3)7-12(6,8-22)9(23)25-11(4,5)13(24,14(16,17)18)15(19,20)21/h24H,7-8,22H2,1-6H3. The van der Waals surface area contributed by atoms with Crippen molar-refractivity contribution in [1.82, 2.24) is 0 Å². The summed E-state index contributed by atoms with van der Waals surface area (Å²) in [5.41, 5.74) is -5.07. The van der Waals surface area contributed by atoms with Gasteiger partial charge in [-0.05, 0) is 32.6 Å². The van der Waals surface area contributed by atoms with E-state index < -0.39 is 40.4 Å². The first-order valence-corrected chi connectivity index (χ1v) is 7.44. The molecular weight excluding hydrogens is 356 g/mol. The van der Waals surface area contributed by atoms with Crippen LogP contribution in [0, 0.1) is 10.8 Å². The summed E-state index contributed by atoms with van der Waals surface area (Å²) in [6.45, 7) is 6.83. The number of carbonyl (C=O) groups excluding carboxylic acids is 1. The third-order valence-electron chi connectivity index (χ3n) is 3.90. The Balaban J connectivity index is 5.92. The molecule has 0 spiro atoms. The maximum absolute atomic E-state index is 13.0. The van der Waals surface area contributed by atoms with Gasteiger partial charge < -0.3 is 15.6 Å². The van der Waals surface area contributed by atoms with E-state index in [9.17, 15) is 36.2 Å². The number of carbonyl (C=O) groups is 1. The van der Waals surface area contributed by atoms with Gasteiger partial charge in [-0.2, -0.15) is 26.3 Å². The summed E-state index contributed by atoms with van der Waals surface area (Å²) >= 11 is 0. The first-order valence-electron chi connectivity index (χ1n) is 7.44. The van der Waals surface area contributed by atoms with Crippen LogP contribution in [0.3, 0.4) is 0 Å². The summed E-state index contributed by atoms with van der Waals surface area (Å²) < 4.78 is 82.6. The van der Waals surface area contributed by atoms with Crippen LogP contribution in [0.5, 0.6) is 0 Å². The van der Waals surface area contributed by atoms with Gasteiger partial charge in [0.1, 0.15) is 0 Å². The van der Waals surface area contributed by atoms with Crippen LogP contribution in [0.25, 0.3) is 0 Å². The number of aliphatic hydroxyl groups is 1. The summed E-state index contributed by atoms with van der Waals surface area (Å²) in [5.74, 6) is -1.35. The number of ether oxygens (including phenoxy) is 1. The van der Waals surface area contributed by atoms with Crippen LogP contribution in [0.4, 0.5) is 26.3 Å². The maximum atomic E-state index is 13.0. The topological polar surface area (TPSA) is 72.6 Å². The molecular formula is C15H25F6NO3. The zero-order valence-corrected chi connectivity index (χ0v) is 15.0. The lowest BCUT2D eigenvalue weighted by molar-refractivity contribution is -0.408. The van der Waals surface area contributed by atoms with Crippen LogP contribution in [0.1, 0.15) is 48.0 Å². The molecule has 1 unspecified atom stereocenters. The first-order chi connectivity index (χ1) is 10.6. The van der Waals surface area contributed by atoms with Gasteiger partial charge >= 0.3 is 18.3 Å². The Hall–Kier alpha value is -1.03. The molecule has 150 valence electrons. The molecule has 4 nitrogen and oxygen atoms in total.